The van der Waals surface area contributed by atoms with Crippen molar-refractivity contribution in [3.8, 4) is 5.88 Å². The molecule has 1 amide bonds. The monoisotopic (exact) mass is 393 g/mol. The minimum Gasteiger partial charge on any atom is -0.475 e. The summed E-state index contributed by atoms with van der Waals surface area (Å²) in [6, 6.07) is 3.83. The number of nitrogens with one attached hydrogen (secondary N) is 1. The summed E-state index contributed by atoms with van der Waals surface area (Å²) in [6.07, 6.45) is 1.45. The van der Waals surface area contributed by atoms with Gasteiger partial charge in [0.15, 0.2) is 5.96 Å². The van der Waals surface area contributed by atoms with Crippen LogP contribution in [-0.2, 0) is 16.0 Å². The summed E-state index contributed by atoms with van der Waals surface area (Å²) in [7, 11) is 1.64. The highest BCUT2D eigenvalue weighted by atomic mass is 16.6. The third-order valence-electron chi connectivity index (χ3n) is 4.22. The highest BCUT2D eigenvalue weighted by molar-refractivity contribution is 5.80. The molecule has 1 aliphatic rings. The fourth-order valence-corrected chi connectivity index (χ4v) is 2.80. The number of carbonyl (C=O) groups excluding carboxylic acids is 1. The molecule has 0 bridgehead atoms. The van der Waals surface area contributed by atoms with E-state index in [4.69, 9.17) is 19.2 Å². The second kappa shape index (κ2) is 12.0. The van der Waals surface area contributed by atoms with Gasteiger partial charge in [0.25, 0.3) is 0 Å². The van der Waals surface area contributed by atoms with Crippen molar-refractivity contribution in [3.05, 3.63) is 23.9 Å². The predicted octanol–water partition coefficient (Wildman–Crippen LogP) is 1.35. The number of amides is 1. The van der Waals surface area contributed by atoms with Gasteiger partial charge in [-0.3, -0.25) is 0 Å². The van der Waals surface area contributed by atoms with Crippen LogP contribution in [0, 0.1) is 0 Å². The number of nitrogens with zero attached hydrogens (tertiary/aromatic N) is 4. The van der Waals surface area contributed by atoms with Crippen molar-refractivity contribution in [2.24, 2.45) is 4.99 Å². The highest BCUT2D eigenvalue weighted by Gasteiger charge is 2.23. The average molecular weight is 393 g/mol. The van der Waals surface area contributed by atoms with Gasteiger partial charge in [-0.2, -0.15) is 0 Å². The van der Waals surface area contributed by atoms with Gasteiger partial charge >= 0.3 is 6.09 Å². The Hall–Kier alpha value is -2.55. The van der Waals surface area contributed by atoms with Gasteiger partial charge < -0.3 is 29.3 Å². The highest BCUT2D eigenvalue weighted by Crippen LogP contribution is 2.16. The zero-order valence-electron chi connectivity index (χ0n) is 17.0. The molecular formula is C19H31N5O4. The predicted molar refractivity (Wildman–Crippen MR) is 107 cm³/mol. The number of guanidine groups is 1. The molecule has 1 N–H and O–H groups in total. The smallest absolute Gasteiger partial charge is 0.409 e. The second-order valence-electron chi connectivity index (χ2n) is 6.15. The van der Waals surface area contributed by atoms with Crippen LogP contribution < -0.4 is 10.1 Å². The van der Waals surface area contributed by atoms with Crippen molar-refractivity contribution in [1.82, 2.24) is 20.1 Å². The van der Waals surface area contributed by atoms with E-state index in [2.05, 4.69) is 15.2 Å². The lowest BCUT2D eigenvalue weighted by molar-refractivity contribution is 0.0914. The number of rotatable bonds is 8. The van der Waals surface area contributed by atoms with E-state index in [1.165, 1.54) is 0 Å². The zero-order chi connectivity index (χ0) is 20.2. The Morgan fingerprint density at radius 3 is 2.64 bits per heavy atom. The summed E-state index contributed by atoms with van der Waals surface area (Å²) in [4.78, 5) is 24.8. The molecule has 1 fully saturated rings. The Morgan fingerprint density at radius 2 is 1.96 bits per heavy atom. The Kier molecular flexibility index (Phi) is 9.33. The first-order valence-corrected chi connectivity index (χ1v) is 9.70. The van der Waals surface area contributed by atoms with Gasteiger partial charge in [0.05, 0.1) is 19.8 Å². The molecule has 0 saturated carbocycles. The lowest BCUT2D eigenvalue weighted by Crippen LogP contribution is -2.53. The van der Waals surface area contributed by atoms with Crippen LogP contribution in [0.2, 0.25) is 0 Å². The molecule has 0 atom stereocenters. The molecule has 2 rings (SSSR count). The number of methoxy groups -OCH3 is 1. The van der Waals surface area contributed by atoms with Crippen LogP contribution in [0.1, 0.15) is 19.4 Å². The van der Waals surface area contributed by atoms with Gasteiger partial charge in [0, 0.05) is 51.6 Å². The Balaban J connectivity index is 1.99. The van der Waals surface area contributed by atoms with Crippen LogP contribution in [0.25, 0.3) is 0 Å². The van der Waals surface area contributed by atoms with Crippen LogP contribution in [0.5, 0.6) is 5.88 Å². The van der Waals surface area contributed by atoms with E-state index >= 15 is 0 Å². The molecule has 9 heteroatoms. The van der Waals surface area contributed by atoms with Crippen molar-refractivity contribution >= 4 is 12.1 Å². The molecule has 9 nitrogen and oxygen atoms in total. The quantitative estimate of drug-likeness (QED) is 0.405. The molecule has 0 unspecified atom stereocenters. The van der Waals surface area contributed by atoms with Gasteiger partial charge in [0.2, 0.25) is 5.88 Å². The lowest BCUT2D eigenvalue weighted by atomic mass is 10.3. The average Bonchev–Trinajstić information content (AvgIpc) is 2.72. The summed E-state index contributed by atoms with van der Waals surface area (Å²) in [5, 5.41) is 3.32. The van der Waals surface area contributed by atoms with Crippen LogP contribution >= 0.6 is 0 Å². The van der Waals surface area contributed by atoms with Gasteiger partial charge in [-0.05, 0) is 19.9 Å². The minimum absolute atomic E-state index is 0.253. The molecule has 1 aromatic heterocycles. The number of ether oxygens (including phenoxy) is 3. The fraction of sp³-hybridized carbons (Fsp3) is 0.632. The largest absolute Gasteiger partial charge is 0.475 e. The first-order valence-electron chi connectivity index (χ1n) is 9.70. The van der Waals surface area contributed by atoms with Gasteiger partial charge in [-0.1, -0.05) is 6.07 Å². The molecule has 2 heterocycles. The van der Waals surface area contributed by atoms with E-state index in [1.54, 1.807) is 18.2 Å². The van der Waals surface area contributed by atoms with E-state index in [-0.39, 0.29) is 6.09 Å². The summed E-state index contributed by atoms with van der Waals surface area (Å²) in [5.41, 5.74) is 0.916. The molecule has 0 aliphatic carbocycles. The summed E-state index contributed by atoms with van der Waals surface area (Å²) < 4.78 is 15.8. The maximum atomic E-state index is 11.9. The number of carbonyl (C=O) groups is 1. The standard InChI is InChI=1S/C19H31N5O4/c1-4-20-18(23-9-11-24(12-10-23)19(25)27-5-2)22-15-16-7-6-8-21-17(16)28-14-13-26-3/h6-8H,4-5,9-15H2,1-3H3,(H,20,22). The van der Waals surface area contributed by atoms with E-state index in [0.717, 1.165) is 18.1 Å². The third-order valence-corrected chi connectivity index (χ3v) is 4.22. The number of hydrogen-bond acceptors (Lipinski definition) is 6. The van der Waals surface area contributed by atoms with Crippen molar-refractivity contribution in [2.45, 2.75) is 20.4 Å². The molecule has 156 valence electrons. The zero-order valence-corrected chi connectivity index (χ0v) is 17.0. The Labute approximate surface area is 166 Å². The SMILES string of the molecule is CCNC(=NCc1cccnc1OCCOC)N1CCN(C(=O)OCC)CC1. The molecule has 1 saturated heterocycles. The van der Waals surface area contributed by atoms with Crippen molar-refractivity contribution in [3.63, 3.8) is 0 Å². The molecular weight excluding hydrogens is 362 g/mol. The van der Waals surface area contributed by atoms with E-state index in [1.807, 2.05) is 26.0 Å². The summed E-state index contributed by atoms with van der Waals surface area (Å²) in [5.74, 6) is 1.39. The van der Waals surface area contributed by atoms with E-state index in [9.17, 15) is 4.79 Å². The Morgan fingerprint density at radius 1 is 1.21 bits per heavy atom. The van der Waals surface area contributed by atoms with Crippen LogP contribution in [-0.4, -0.2) is 86.5 Å². The number of piperazine rings is 1. The van der Waals surface area contributed by atoms with E-state index in [0.29, 0.717) is 58.4 Å². The number of pyridine rings is 1. The summed E-state index contributed by atoms with van der Waals surface area (Å²) in [6.45, 7) is 9.05. The lowest BCUT2D eigenvalue weighted by Gasteiger charge is -2.35. The fourth-order valence-electron chi connectivity index (χ4n) is 2.80. The van der Waals surface area contributed by atoms with Gasteiger partial charge in [-0.15, -0.1) is 0 Å². The molecule has 0 radical (unpaired) electrons. The van der Waals surface area contributed by atoms with Crippen molar-refractivity contribution in [1.29, 1.82) is 0 Å². The first-order chi connectivity index (χ1) is 13.7. The number of aliphatic imine (C=N–C) groups is 1. The minimum atomic E-state index is -0.253. The van der Waals surface area contributed by atoms with Gasteiger partial charge in [-0.25, -0.2) is 14.8 Å². The molecule has 1 aliphatic heterocycles. The van der Waals surface area contributed by atoms with Crippen LogP contribution in [0.4, 0.5) is 4.79 Å². The normalized spacial score (nSPS) is 14.8. The first kappa shape index (κ1) is 21.7. The molecule has 0 spiro atoms. The molecule has 1 aromatic rings. The third kappa shape index (κ3) is 6.56. The van der Waals surface area contributed by atoms with Gasteiger partial charge in [0.1, 0.15) is 6.61 Å². The van der Waals surface area contributed by atoms with Crippen molar-refractivity contribution < 1.29 is 19.0 Å². The number of hydrogen-bond donors (Lipinski definition) is 1. The molecule has 28 heavy (non-hydrogen) atoms. The maximum absolute atomic E-state index is 11.9. The topological polar surface area (TPSA) is 88.5 Å². The van der Waals surface area contributed by atoms with E-state index < -0.39 is 0 Å². The summed E-state index contributed by atoms with van der Waals surface area (Å²) >= 11 is 0. The maximum Gasteiger partial charge on any atom is 0.409 e. The number of aromatic nitrogens is 1. The van der Waals surface area contributed by atoms with Crippen LogP contribution in [0.15, 0.2) is 23.3 Å². The van der Waals surface area contributed by atoms with Crippen molar-refractivity contribution in [2.75, 3.05) is 59.7 Å². The Bertz CT molecular complexity index is 633. The molecule has 0 aromatic carbocycles. The van der Waals surface area contributed by atoms with Crippen LogP contribution in [0.3, 0.4) is 0 Å². The second-order valence-corrected chi connectivity index (χ2v) is 6.15.